The van der Waals surface area contributed by atoms with E-state index in [0.29, 0.717) is 0 Å². The minimum atomic E-state index is -3.91. The first-order valence-electron chi connectivity index (χ1n) is 2.69. The Bertz CT molecular complexity index is 235. The zero-order valence-corrected chi connectivity index (χ0v) is 6.71. The van der Waals surface area contributed by atoms with Gasteiger partial charge in [0.05, 0.1) is 12.5 Å². The highest BCUT2D eigenvalue weighted by atomic mass is 32.2. The minimum Gasteiger partial charge on any atom is -0.473 e. The normalized spacial score (nSPS) is 10.0. The van der Waals surface area contributed by atoms with Crippen LogP contribution in [0.2, 0.25) is 0 Å². The lowest BCUT2D eigenvalue weighted by Gasteiger charge is -1.83. The van der Waals surface area contributed by atoms with Gasteiger partial charge >= 0.3 is 10.3 Å². The largest absolute Gasteiger partial charge is 0.473 e. The molecular formula is C5H9NO4S. The molecule has 0 aliphatic rings. The Morgan fingerprint density at radius 2 is 1.73 bits per heavy atom. The number of nitrogens with one attached hydrogen (secondary N) is 1. The fourth-order valence-corrected chi connectivity index (χ4v) is 0.227. The Labute approximate surface area is 64.9 Å². The van der Waals surface area contributed by atoms with E-state index in [0.717, 1.165) is 7.05 Å². The van der Waals surface area contributed by atoms with Crippen LogP contribution in [0.1, 0.15) is 0 Å². The second kappa shape index (κ2) is 4.89. The van der Waals surface area contributed by atoms with Gasteiger partial charge in [-0.1, -0.05) is 0 Å². The van der Waals surface area contributed by atoms with Crippen molar-refractivity contribution in [1.29, 1.82) is 0 Å². The van der Waals surface area contributed by atoms with E-state index < -0.39 is 10.3 Å². The average molecular weight is 179 g/mol. The Balaban J connectivity index is 0.000000183. The van der Waals surface area contributed by atoms with Gasteiger partial charge in [-0.15, -0.1) is 0 Å². The van der Waals surface area contributed by atoms with Gasteiger partial charge in [-0.05, 0) is 12.1 Å². The molecule has 0 aromatic carbocycles. The van der Waals surface area contributed by atoms with E-state index in [2.05, 4.69) is 4.42 Å². The highest BCUT2D eigenvalue weighted by Gasteiger charge is 1.91. The van der Waals surface area contributed by atoms with Gasteiger partial charge in [-0.3, -0.25) is 4.55 Å². The molecule has 5 nitrogen and oxygen atoms in total. The summed E-state index contributed by atoms with van der Waals surface area (Å²) >= 11 is 0. The summed E-state index contributed by atoms with van der Waals surface area (Å²) in [5, 5.41) is 0. The topological polar surface area (TPSA) is 79.5 Å². The van der Waals surface area contributed by atoms with Crippen molar-refractivity contribution >= 4 is 10.3 Å². The minimum absolute atomic E-state index is 1.12. The monoisotopic (exact) mass is 179 g/mol. The van der Waals surface area contributed by atoms with Crippen molar-refractivity contribution in [2.24, 2.45) is 0 Å². The molecule has 0 saturated heterocycles. The van der Waals surface area contributed by atoms with Gasteiger partial charge in [0.15, 0.2) is 0 Å². The summed E-state index contributed by atoms with van der Waals surface area (Å²) in [6, 6.07) is 3.67. The van der Waals surface area contributed by atoms with E-state index in [4.69, 9.17) is 4.55 Å². The van der Waals surface area contributed by atoms with Crippen LogP contribution in [-0.2, 0) is 10.3 Å². The van der Waals surface area contributed by atoms with Crippen LogP contribution in [0.3, 0.4) is 0 Å². The van der Waals surface area contributed by atoms with E-state index in [1.165, 1.54) is 0 Å². The van der Waals surface area contributed by atoms with Crippen LogP contribution in [0, 0.1) is 0 Å². The Morgan fingerprint density at radius 3 is 1.82 bits per heavy atom. The summed E-state index contributed by atoms with van der Waals surface area (Å²) in [6.45, 7) is 0. The van der Waals surface area contributed by atoms with Crippen molar-refractivity contribution in [1.82, 2.24) is 4.72 Å². The fraction of sp³-hybridized carbons (Fsp3) is 0.200. The maximum atomic E-state index is 9.44. The maximum Gasteiger partial charge on any atom is 0.333 e. The van der Waals surface area contributed by atoms with Gasteiger partial charge < -0.3 is 4.42 Å². The van der Waals surface area contributed by atoms with Crippen molar-refractivity contribution < 1.29 is 17.4 Å². The van der Waals surface area contributed by atoms with Crippen LogP contribution in [-0.4, -0.2) is 20.0 Å². The molecule has 64 valence electrons. The summed E-state index contributed by atoms with van der Waals surface area (Å²) in [5.41, 5.74) is 0. The molecule has 0 atom stereocenters. The molecule has 1 heterocycles. The molecule has 1 aromatic rings. The number of hydrogen-bond donors (Lipinski definition) is 2. The Morgan fingerprint density at radius 1 is 1.36 bits per heavy atom. The third-order valence-corrected chi connectivity index (χ3v) is 1.20. The highest BCUT2D eigenvalue weighted by molar-refractivity contribution is 7.83. The van der Waals surface area contributed by atoms with Crippen molar-refractivity contribution in [3.8, 4) is 0 Å². The van der Waals surface area contributed by atoms with E-state index in [1.54, 1.807) is 17.2 Å². The molecule has 6 heteroatoms. The second-order valence-electron chi connectivity index (χ2n) is 1.47. The predicted octanol–water partition coefficient (Wildman–Crippen LogP) is 0.288. The van der Waals surface area contributed by atoms with E-state index in [9.17, 15) is 8.42 Å². The molecular weight excluding hydrogens is 170 g/mol. The first-order chi connectivity index (χ1) is 5.06. The lowest BCUT2D eigenvalue weighted by Crippen LogP contribution is -2.16. The highest BCUT2D eigenvalue weighted by Crippen LogP contribution is 1.79. The molecule has 11 heavy (non-hydrogen) atoms. The molecule has 0 radical (unpaired) electrons. The standard InChI is InChI=1S/C4H4O.CH5NO3S/c1-2-4-5-3-1;1-2-6(3,4)5/h1-4H;2H,1H3,(H,3,4,5). The third kappa shape index (κ3) is 9.15. The molecule has 2 N–H and O–H groups in total. The number of furan rings is 1. The summed E-state index contributed by atoms with van der Waals surface area (Å²) in [4.78, 5) is 0. The van der Waals surface area contributed by atoms with Gasteiger partial charge in [0.2, 0.25) is 0 Å². The molecule has 0 amide bonds. The number of hydrogen-bond acceptors (Lipinski definition) is 3. The summed E-state index contributed by atoms with van der Waals surface area (Å²) in [6.07, 6.45) is 3.25. The van der Waals surface area contributed by atoms with Crippen LogP contribution in [0.25, 0.3) is 0 Å². The van der Waals surface area contributed by atoms with Crippen LogP contribution < -0.4 is 4.72 Å². The Kier molecular flexibility index (Phi) is 4.51. The fourth-order valence-electron chi connectivity index (χ4n) is 0.227. The van der Waals surface area contributed by atoms with Gasteiger partial charge in [0, 0.05) is 7.05 Å². The van der Waals surface area contributed by atoms with E-state index >= 15 is 0 Å². The van der Waals surface area contributed by atoms with Gasteiger partial charge in [0.25, 0.3) is 0 Å². The van der Waals surface area contributed by atoms with Crippen LogP contribution in [0.5, 0.6) is 0 Å². The second-order valence-corrected chi connectivity index (χ2v) is 2.83. The molecule has 0 fully saturated rings. The van der Waals surface area contributed by atoms with Crippen molar-refractivity contribution in [2.75, 3.05) is 7.05 Å². The van der Waals surface area contributed by atoms with Crippen molar-refractivity contribution in [3.63, 3.8) is 0 Å². The first kappa shape index (κ1) is 10.2. The van der Waals surface area contributed by atoms with E-state index in [1.807, 2.05) is 12.1 Å². The molecule has 0 aliphatic carbocycles. The average Bonchev–Trinajstić information content (AvgIpc) is 2.41. The summed E-state index contributed by atoms with van der Waals surface area (Å²) < 4.78 is 32.8. The van der Waals surface area contributed by atoms with E-state index in [-0.39, 0.29) is 0 Å². The first-order valence-corrected chi connectivity index (χ1v) is 4.13. The predicted molar refractivity (Wildman–Crippen MR) is 39.3 cm³/mol. The maximum absolute atomic E-state index is 9.44. The van der Waals surface area contributed by atoms with Crippen LogP contribution in [0.4, 0.5) is 0 Å². The smallest absolute Gasteiger partial charge is 0.333 e. The molecule has 0 spiro atoms. The lowest BCUT2D eigenvalue weighted by atomic mass is 10.7. The van der Waals surface area contributed by atoms with Crippen molar-refractivity contribution in [2.45, 2.75) is 0 Å². The molecule has 0 aliphatic heterocycles. The summed E-state index contributed by atoms with van der Waals surface area (Å²) in [7, 11) is -2.79. The van der Waals surface area contributed by atoms with Crippen LogP contribution in [0.15, 0.2) is 29.1 Å². The molecule has 0 bridgehead atoms. The molecule has 1 aromatic heterocycles. The van der Waals surface area contributed by atoms with Gasteiger partial charge in [0.1, 0.15) is 0 Å². The third-order valence-electron chi connectivity index (χ3n) is 0.683. The van der Waals surface area contributed by atoms with Crippen molar-refractivity contribution in [3.05, 3.63) is 24.7 Å². The van der Waals surface area contributed by atoms with Gasteiger partial charge in [-0.25, -0.2) is 0 Å². The zero-order valence-electron chi connectivity index (χ0n) is 5.89. The molecule has 0 saturated carbocycles. The molecule has 0 unspecified atom stereocenters. The van der Waals surface area contributed by atoms with Gasteiger partial charge in [-0.2, -0.15) is 13.1 Å². The van der Waals surface area contributed by atoms with Crippen LogP contribution >= 0.6 is 0 Å². The summed E-state index contributed by atoms with van der Waals surface area (Å²) in [5.74, 6) is 0. The SMILES string of the molecule is CNS(=O)(=O)O.c1ccoc1. The Hall–Kier alpha value is -0.850. The number of rotatable bonds is 1. The quantitative estimate of drug-likeness (QED) is 0.607. The lowest BCUT2D eigenvalue weighted by molar-refractivity contribution is 0.473. The zero-order chi connectivity index (χ0) is 8.74. The molecule has 1 rings (SSSR count).